The van der Waals surface area contributed by atoms with Gasteiger partial charge in [0.1, 0.15) is 6.54 Å². The van der Waals surface area contributed by atoms with E-state index in [1.54, 1.807) is 0 Å². The molecule has 2 N–H and O–H groups in total. The molecule has 0 spiro atoms. The molecule has 1 unspecified atom stereocenters. The summed E-state index contributed by atoms with van der Waals surface area (Å²) in [7, 11) is 0. The Hall–Kier alpha value is -1.12. The van der Waals surface area contributed by atoms with E-state index in [0.29, 0.717) is 12.6 Å². The average molecular weight is 238 g/mol. The molecule has 1 heterocycles. The molecule has 1 fully saturated rings. The molecule has 0 aliphatic carbocycles. The highest BCUT2D eigenvalue weighted by atomic mass is 16.2. The van der Waals surface area contributed by atoms with Crippen molar-refractivity contribution in [3.05, 3.63) is 0 Å². The van der Waals surface area contributed by atoms with Crippen molar-refractivity contribution in [1.82, 2.24) is 15.5 Å². The molecule has 1 saturated heterocycles. The van der Waals surface area contributed by atoms with E-state index in [9.17, 15) is 4.79 Å². The fourth-order valence-electron chi connectivity index (χ4n) is 2.17. The summed E-state index contributed by atoms with van der Waals surface area (Å²) in [5.41, 5.74) is 0. The van der Waals surface area contributed by atoms with Crippen LogP contribution in [0.4, 0.5) is 0 Å². The van der Waals surface area contributed by atoms with Crippen molar-refractivity contribution in [3.63, 3.8) is 0 Å². The van der Waals surface area contributed by atoms with Gasteiger partial charge >= 0.3 is 0 Å². The van der Waals surface area contributed by atoms with Crippen LogP contribution in [0.15, 0.2) is 0 Å². The Morgan fingerprint density at radius 3 is 3.06 bits per heavy atom. The summed E-state index contributed by atoms with van der Waals surface area (Å²) < 4.78 is 0. The largest absolute Gasteiger partial charge is 0.342 e. The molecule has 96 valence electrons. The van der Waals surface area contributed by atoms with Crippen molar-refractivity contribution >= 4 is 5.91 Å². The molecular weight excluding hydrogens is 216 g/mol. The second-order valence-corrected chi connectivity index (χ2v) is 4.46. The van der Waals surface area contributed by atoms with Gasteiger partial charge in [-0.25, -0.2) is 0 Å². The van der Waals surface area contributed by atoms with E-state index >= 15 is 0 Å². The number of nitriles is 1. The van der Waals surface area contributed by atoms with E-state index < -0.39 is 0 Å². The number of nitrogens with zero attached hydrogens (tertiary/aromatic N) is 2. The normalized spacial score (nSPS) is 19.2. The molecule has 0 bridgehead atoms. The Bertz CT molecular complexity index is 268. The van der Waals surface area contributed by atoms with Gasteiger partial charge in [-0.05, 0) is 32.4 Å². The third-order valence-corrected chi connectivity index (χ3v) is 2.91. The number of nitrogens with one attached hydrogen (secondary N) is 2. The van der Waals surface area contributed by atoms with Crippen LogP contribution in [0.2, 0.25) is 0 Å². The van der Waals surface area contributed by atoms with Crippen molar-refractivity contribution in [2.75, 3.05) is 32.7 Å². The predicted molar refractivity (Wildman–Crippen MR) is 66.4 cm³/mol. The molecule has 0 aromatic carbocycles. The molecule has 1 rings (SSSR count). The van der Waals surface area contributed by atoms with Gasteiger partial charge in [-0.1, -0.05) is 6.92 Å². The Morgan fingerprint density at radius 2 is 2.47 bits per heavy atom. The first-order chi connectivity index (χ1) is 8.26. The van der Waals surface area contributed by atoms with Gasteiger partial charge < -0.3 is 10.6 Å². The van der Waals surface area contributed by atoms with Crippen LogP contribution < -0.4 is 10.6 Å². The monoisotopic (exact) mass is 238 g/mol. The van der Waals surface area contributed by atoms with Crippen molar-refractivity contribution in [2.24, 2.45) is 0 Å². The smallest absolute Gasteiger partial charge is 0.235 e. The molecular formula is C12H22N4O. The van der Waals surface area contributed by atoms with Gasteiger partial charge in [-0.3, -0.25) is 9.69 Å². The fourth-order valence-corrected chi connectivity index (χ4v) is 2.17. The standard InChI is InChI=1S/C12H22N4O/c1-2-8-16(9-11-4-3-6-14-11)10-12(17)15-7-5-13/h11,14H,2-4,6-10H2,1H3,(H,15,17). The number of rotatable bonds is 7. The molecule has 5 heteroatoms. The second-order valence-electron chi connectivity index (χ2n) is 4.46. The maximum Gasteiger partial charge on any atom is 0.235 e. The van der Waals surface area contributed by atoms with E-state index in [4.69, 9.17) is 5.26 Å². The maximum absolute atomic E-state index is 11.5. The Balaban J connectivity index is 2.31. The van der Waals surface area contributed by atoms with Crippen LogP contribution in [0.3, 0.4) is 0 Å². The zero-order valence-corrected chi connectivity index (χ0v) is 10.5. The van der Waals surface area contributed by atoms with Crippen molar-refractivity contribution < 1.29 is 4.79 Å². The lowest BCUT2D eigenvalue weighted by Crippen LogP contribution is -2.43. The SMILES string of the molecule is CCCN(CC(=O)NCC#N)CC1CCCN1. The van der Waals surface area contributed by atoms with Crippen LogP contribution in [0.1, 0.15) is 26.2 Å². The fraction of sp³-hybridized carbons (Fsp3) is 0.833. The van der Waals surface area contributed by atoms with E-state index in [0.717, 1.165) is 26.1 Å². The first-order valence-corrected chi connectivity index (χ1v) is 6.35. The van der Waals surface area contributed by atoms with E-state index in [1.807, 2.05) is 6.07 Å². The Labute approximate surface area is 103 Å². The van der Waals surface area contributed by atoms with Gasteiger partial charge in [-0.2, -0.15) is 5.26 Å². The quantitative estimate of drug-likeness (QED) is 0.617. The summed E-state index contributed by atoms with van der Waals surface area (Å²) in [4.78, 5) is 13.7. The third-order valence-electron chi connectivity index (χ3n) is 2.91. The predicted octanol–water partition coefficient (Wildman–Crippen LogP) is 0.0902. The van der Waals surface area contributed by atoms with Crippen LogP contribution in [0.5, 0.6) is 0 Å². The minimum Gasteiger partial charge on any atom is -0.342 e. The first kappa shape index (κ1) is 13.9. The van der Waals surface area contributed by atoms with Crippen LogP contribution in [0.25, 0.3) is 0 Å². The summed E-state index contributed by atoms with van der Waals surface area (Å²) in [5, 5.41) is 14.4. The van der Waals surface area contributed by atoms with Gasteiger partial charge in [0.25, 0.3) is 0 Å². The third kappa shape index (κ3) is 5.66. The molecule has 0 aromatic rings. The number of amides is 1. The molecule has 1 amide bonds. The topological polar surface area (TPSA) is 68.2 Å². The van der Waals surface area contributed by atoms with Gasteiger partial charge in [0, 0.05) is 12.6 Å². The summed E-state index contributed by atoms with van der Waals surface area (Å²) >= 11 is 0. The van der Waals surface area contributed by atoms with Gasteiger partial charge in [-0.15, -0.1) is 0 Å². The molecule has 0 saturated carbocycles. The van der Waals surface area contributed by atoms with Crippen LogP contribution in [0, 0.1) is 11.3 Å². The second kappa shape index (κ2) is 8.04. The Kier molecular flexibility index (Phi) is 6.60. The van der Waals surface area contributed by atoms with E-state index in [2.05, 4.69) is 22.5 Å². The lowest BCUT2D eigenvalue weighted by atomic mass is 10.2. The zero-order valence-electron chi connectivity index (χ0n) is 10.5. The molecule has 5 nitrogen and oxygen atoms in total. The summed E-state index contributed by atoms with van der Waals surface area (Å²) in [6, 6.07) is 2.43. The molecule has 1 aliphatic heterocycles. The van der Waals surface area contributed by atoms with Crippen LogP contribution in [-0.2, 0) is 4.79 Å². The highest BCUT2D eigenvalue weighted by Crippen LogP contribution is 2.07. The van der Waals surface area contributed by atoms with E-state index in [-0.39, 0.29) is 12.5 Å². The zero-order chi connectivity index (χ0) is 12.5. The van der Waals surface area contributed by atoms with Crippen molar-refractivity contribution in [1.29, 1.82) is 5.26 Å². The summed E-state index contributed by atoms with van der Waals surface area (Å²) in [5.74, 6) is -0.0574. The minimum absolute atomic E-state index is 0.0574. The van der Waals surface area contributed by atoms with E-state index in [1.165, 1.54) is 12.8 Å². The first-order valence-electron chi connectivity index (χ1n) is 6.35. The van der Waals surface area contributed by atoms with Crippen LogP contribution in [-0.4, -0.2) is 49.6 Å². The number of carbonyl (C=O) groups is 1. The highest BCUT2D eigenvalue weighted by molar-refractivity contribution is 5.78. The number of hydrogen-bond acceptors (Lipinski definition) is 4. The minimum atomic E-state index is -0.0574. The lowest BCUT2D eigenvalue weighted by molar-refractivity contribution is -0.122. The van der Waals surface area contributed by atoms with Crippen molar-refractivity contribution in [2.45, 2.75) is 32.2 Å². The molecule has 0 radical (unpaired) electrons. The van der Waals surface area contributed by atoms with Crippen molar-refractivity contribution in [3.8, 4) is 6.07 Å². The van der Waals surface area contributed by atoms with Crippen LogP contribution >= 0.6 is 0 Å². The van der Waals surface area contributed by atoms with Gasteiger partial charge in [0.15, 0.2) is 0 Å². The summed E-state index contributed by atoms with van der Waals surface area (Å²) in [6.45, 7) is 5.55. The molecule has 17 heavy (non-hydrogen) atoms. The number of hydrogen-bond donors (Lipinski definition) is 2. The summed E-state index contributed by atoms with van der Waals surface area (Å²) in [6.07, 6.45) is 3.46. The Morgan fingerprint density at radius 1 is 1.65 bits per heavy atom. The molecule has 1 aliphatic rings. The average Bonchev–Trinajstić information content (AvgIpc) is 2.79. The van der Waals surface area contributed by atoms with Gasteiger partial charge in [0.2, 0.25) is 5.91 Å². The molecule has 0 aromatic heterocycles. The van der Waals surface area contributed by atoms with Gasteiger partial charge in [0.05, 0.1) is 12.6 Å². The molecule has 1 atom stereocenters. The lowest BCUT2D eigenvalue weighted by Gasteiger charge is -2.24. The highest BCUT2D eigenvalue weighted by Gasteiger charge is 2.18. The maximum atomic E-state index is 11.5. The number of carbonyl (C=O) groups excluding carboxylic acids is 1.